The Bertz CT molecular complexity index is 546. The van der Waals surface area contributed by atoms with Crippen LogP contribution in [-0.4, -0.2) is 19.0 Å². The quantitative estimate of drug-likeness (QED) is 0.779. The highest BCUT2D eigenvalue weighted by atomic mass is 16.1. The van der Waals surface area contributed by atoms with Crippen molar-refractivity contribution in [2.45, 2.75) is 19.3 Å². The molecule has 100 valence electrons. The maximum atomic E-state index is 11.9. The lowest BCUT2D eigenvalue weighted by Gasteiger charge is -2.07. The standard InChI is InChI=1S/C16H20N2O/c17-10-3-4-11-18-16(19)12-14-8-5-7-13-6-1-2-9-15(13)14/h1-2,5-9H,3-4,10-12,17H2,(H,18,19). The lowest BCUT2D eigenvalue weighted by molar-refractivity contribution is -0.120. The van der Waals surface area contributed by atoms with Gasteiger partial charge in [-0.25, -0.2) is 0 Å². The summed E-state index contributed by atoms with van der Waals surface area (Å²) in [5.41, 5.74) is 6.50. The van der Waals surface area contributed by atoms with Crippen LogP contribution in [0.5, 0.6) is 0 Å². The van der Waals surface area contributed by atoms with Gasteiger partial charge in [-0.15, -0.1) is 0 Å². The van der Waals surface area contributed by atoms with Gasteiger partial charge in [0.05, 0.1) is 6.42 Å². The fraction of sp³-hybridized carbons (Fsp3) is 0.312. The largest absolute Gasteiger partial charge is 0.356 e. The molecule has 3 N–H and O–H groups in total. The van der Waals surface area contributed by atoms with Crippen LogP contribution in [-0.2, 0) is 11.2 Å². The fourth-order valence-corrected chi connectivity index (χ4v) is 2.18. The van der Waals surface area contributed by atoms with Crippen molar-refractivity contribution in [3.8, 4) is 0 Å². The van der Waals surface area contributed by atoms with E-state index in [1.165, 1.54) is 5.39 Å². The topological polar surface area (TPSA) is 55.1 Å². The first-order chi connectivity index (χ1) is 9.31. The van der Waals surface area contributed by atoms with Crippen molar-refractivity contribution in [2.24, 2.45) is 5.73 Å². The van der Waals surface area contributed by atoms with Crippen molar-refractivity contribution in [3.63, 3.8) is 0 Å². The molecule has 1 amide bonds. The van der Waals surface area contributed by atoms with Crippen molar-refractivity contribution in [1.82, 2.24) is 5.32 Å². The highest BCUT2D eigenvalue weighted by molar-refractivity contribution is 5.90. The number of fused-ring (bicyclic) bond motifs is 1. The third-order valence-electron chi connectivity index (χ3n) is 3.18. The van der Waals surface area contributed by atoms with Gasteiger partial charge in [0, 0.05) is 6.54 Å². The molecule has 0 atom stereocenters. The highest BCUT2D eigenvalue weighted by Crippen LogP contribution is 2.18. The Kier molecular flexibility index (Phi) is 4.93. The molecule has 0 bridgehead atoms. The van der Waals surface area contributed by atoms with Crippen LogP contribution in [0, 0.1) is 0 Å². The Balaban J connectivity index is 1.99. The van der Waals surface area contributed by atoms with Gasteiger partial charge in [0.25, 0.3) is 0 Å². The Morgan fingerprint density at radius 3 is 2.68 bits per heavy atom. The first kappa shape index (κ1) is 13.6. The molecule has 19 heavy (non-hydrogen) atoms. The van der Waals surface area contributed by atoms with Gasteiger partial charge in [0.1, 0.15) is 0 Å². The molecule has 0 aromatic heterocycles. The van der Waals surface area contributed by atoms with Crippen LogP contribution in [0.2, 0.25) is 0 Å². The molecule has 2 aromatic carbocycles. The SMILES string of the molecule is NCCCCNC(=O)Cc1cccc2ccccc12. The highest BCUT2D eigenvalue weighted by Gasteiger charge is 2.05. The second kappa shape index (κ2) is 6.90. The molecule has 0 saturated carbocycles. The van der Waals surface area contributed by atoms with E-state index in [1.54, 1.807) is 0 Å². The predicted molar refractivity (Wildman–Crippen MR) is 79.0 cm³/mol. The van der Waals surface area contributed by atoms with Crippen molar-refractivity contribution in [3.05, 3.63) is 48.0 Å². The maximum absolute atomic E-state index is 11.9. The van der Waals surface area contributed by atoms with Gasteiger partial charge in [0.15, 0.2) is 0 Å². The Hall–Kier alpha value is -1.87. The smallest absolute Gasteiger partial charge is 0.224 e. The van der Waals surface area contributed by atoms with E-state index in [1.807, 2.05) is 24.3 Å². The molecular weight excluding hydrogens is 236 g/mol. The molecule has 2 aromatic rings. The van der Waals surface area contributed by atoms with Crippen LogP contribution < -0.4 is 11.1 Å². The predicted octanol–water partition coefficient (Wildman–Crippen LogP) is 2.24. The summed E-state index contributed by atoms with van der Waals surface area (Å²) < 4.78 is 0. The Morgan fingerprint density at radius 1 is 1.05 bits per heavy atom. The number of nitrogens with one attached hydrogen (secondary N) is 1. The van der Waals surface area contributed by atoms with E-state index < -0.39 is 0 Å². The van der Waals surface area contributed by atoms with E-state index in [9.17, 15) is 4.79 Å². The normalized spacial score (nSPS) is 10.6. The summed E-state index contributed by atoms with van der Waals surface area (Å²) in [5, 5.41) is 5.27. The number of hydrogen-bond acceptors (Lipinski definition) is 2. The fourth-order valence-electron chi connectivity index (χ4n) is 2.18. The van der Waals surface area contributed by atoms with E-state index in [-0.39, 0.29) is 5.91 Å². The molecule has 0 heterocycles. The molecule has 0 saturated heterocycles. The van der Waals surface area contributed by atoms with Crippen molar-refractivity contribution < 1.29 is 4.79 Å². The second-order valence-corrected chi connectivity index (χ2v) is 4.66. The minimum absolute atomic E-state index is 0.0772. The summed E-state index contributed by atoms with van der Waals surface area (Å²) in [6.45, 7) is 1.39. The van der Waals surface area contributed by atoms with Gasteiger partial charge < -0.3 is 11.1 Å². The summed E-state index contributed by atoms with van der Waals surface area (Å²) >= 11 is 0. The monoisotopic (exact) mass is 256 g/mol. The van der Waals surface area contributed by atoms with Crippen LogP contribution >= 0.6 is 0 Å². The molecule has 2 rings (SSSR count). The van der Waals surface area contributed by atoms with Crippen LogP contribution in [0.25, 0.3) is 10.8 Å². The first-order valence-electron chi connectivity index (χ1n) is 6.74. The summed E-state index contributed by atoms with van der Waals surface area (Å²) in [5.74, 6) is 0.0772. The van der Waals surface area contributed by atoms with E-state index in [0.29, 0.717) is 19.5 Å². The van der Waals surface area contributed by atoms with E-state index in [0.717, 1.165) is 23.8 Å². The van der Waals surface area contributed by atoms with Gasteiger partial charge in [-0.3, -0.25) is 4.79 Å². The van der Waals surface area contributed by atoms with Gasteiger partial charge in [-0.05, 0) is 35.7 Å². The minimum Gasteiger partial charge on any atom is -0.356 e. The van der Waals surface area contributed by atoms with E-state index >= 15 is 0 Å². The molecule has 0 spiro atoms. The van der Waals surface area contributed by atoms with E-state index in [2.05, 4.69) is 23.5 Å². The number of benzene rings is 2. The van der Waals surface area contributed by atoms with Crippen LogP contribution in [0.4, 0.5) is 0 Å². The minimum atomic E-state index is 0.0772. The van der Waals surface area contributed by atoms with Crippen molar-refractivity contribution in [1.29, 1.82) is 0 Å². The maximum Gasteiger partial charge on any atom is 0.224 e. The summed E-state index contributed by atoms with van der Waals surface area (Å²) in [4.78, 5) is 11.9. The van der Waals surface area contributed by atoms with Crippen LogP contribution in [0.15, 0.2) is 42.5 Å². The lowest BCUT2D eigenvalue weighted by Crippen LogP contribution is -2.26. The number of amides is 1. The molecule has 0 unspecified atom stereocenters. The molecule has 0 aliphatic heterocycles. The number of carbonyl (C=O) groups excluding carboxylic acids is 1. The number of carbonyl (C=O) groups is 1. The molecule has 0 aliphatic rings. The molecular formula is C16H20N2O. The van der Waals surface area contributed by atoms with E-state index in [4.69, 9.17) is 5.73 Å². The van der Waals surface area contributed by atoms with Crippen LogP contribution in [0.3, 0.4) is 0 Å². The van der Waals surface area contributed by atoms with Gasteiger partial charge >= 0.3 is 0 Å². The van der Waals surface area contributed by atoms with Gasteiger partial charge in [-0.2, -0.15) is 0 Å². The summed E-state index contributed by atoms with van der Waals surface area (Å²) in [7, 11) is 0. The first-order valence-corrected chi connectivity index (χ1v) is 6.74. The Labute approximate surface area is 113 Å². The zero-order chi connectivity index (χ0) is 13.5. The van der Waals surface area contributed by atoms with Crippen molar-refractivity contribution in [2.75, 3.05) is 13.1 Å². The van der Waals surface area contributed by atoms with Gasteiger partial charge in [-0.1, -0.05) is 42.5 Å². The molecule has 0 fully saturated rings. The average Bonchev–Trinajstić information content (AvgIpc) is 2.44. The molecule has 0 radical (unpaired) electrons. The van der Waals surface area contributed by atoms with Crippen LogP contribution in [0.1, 0.15) is 18.4 Å². The zero-order valence-electron chi connectivity index (χ0n) is 11.1. The summed E-state index contributed by atoms with van der Waals surface area (Å²) in [6, 6.07) is 14.2. The second-order valence-electron chi connectivity index (χ2n) is 4.66. The number of rotatable bonds is 6. The third kappa shape index (κ3) is 3.80. The average molecular weight is 256 g/mol. The number of unbranched alkanes of at least 4 members (excludes halogenated alkanes) is 1. The Morgan fingerprint density at radius 2 is 1.84 bits per heavy atom. The van der Waals surface area contributed by atoms with Gasteiger partial charge in [0.2, 0.25) is 5.91 Å². The molecule has 3 heteroatoms. The molecule has 0 aliphatic carbocycles. The number of nitrogens with two attached hydrogens (primary N) is 1. The zero-order valence-corrected chi connectivity index (χ0v) is 11.1. The lowest BCUT2D eigenvalue weighted by atomic mass is 10.0. The third-order valence-corrected chi connectivity index (χ3v) is 3.18. The number of hydrogen-bond donors (Lipinski definition) is 2. The summed E-state index contributed by atoms with van der Waals surface area (Å²) in [6.07, 6.45) is 2.33. The molecule has 3 nitrogen and oxygen atoms in total. The van der Waals surface area contributed by atoms with Crippen molar-refractivity contribution >= 4 is 16.7 Å².